The first-order chi connectivity index (χ1) is 12.5. The number of benzene rings is 1. The molecule has 0 aliphatic carbocycles. The van der Waals surface area contributed by atoms with Crippen LogP contribution >= 0.6 is 12.0 Å². The Morgan fingerprint density at radius 2 is 1.89 bits per heavy atom. The Bertz CT molecular complexity index is 797. The number of fused-ring (bicyclic) bond motifs is 1. The first-order valence-corrected chi connectivity index (χ1v) is 9.31. The van der Waals surface area contributed by atoms with Gasteiger partial charge in [0.2, 0.25) is 0 Å². The largest absolute Gasteiger partial charge is 1.00 e. The van der Waals surface area contributed by atoms with Crippen LogP contribution in [0.15, 0.2) is 41.5 Å². The maximum Gasteiger partial charge on any atom is 1.00 e. The first-order valence-electron chi connectivity index (χ1n) is 8.40. The summed E-state index contributed by atoms with van der Waals surface area (Å²) in [4.78, 5) is 9.09. The topological polar surface area (TPSA) is 76.0 Å². The van der Waals surface area contributed by atoms with E-state index in [0.29, 0.717) is 12.4 Å². The van der Waals surface area contributed by atoms with Crippen molar-refractivity contribution in [2.45, 2.75) is 32.6 Å². The van der Waals surface area contributed by atoms with Crippen LogP contribution in [0.5, 0.6) is 5.75 Å². The van der Waals surface area contributed by atoms with Crippen molar-refractivity contribution < 1.29 is 48.9 Å². The average Bonchev–Trinajstić information content (AvgIpc) is 2.87. The Hall–Kier alpha value is -0.930. The molecule has 0 amide bonds. The van der Waals surface area contributed by atoms with Crippen molar-refractivity contribution in [1.82, 2.24) is 4.98 Å². The number of nitrogens with zero attached hydrogens (tertiary/aromatic N) is 2. The molecule has 0 saturated carbocycles. The number of hydrogen-bond acceptors (Lipinski definition) is 7. The van der Waals surface area contributed by atoms with Gasteiger partial charge in [0.1, 0.15) is 5.75 Å². The SMILES string of the molecule is CC1=Nc2ncc(-c3ccc(OCCCSOO[O-])cc3)cc2C1(C)C.[Na+]. The second-order valence-corrected chi connectivity index (χ2v) is 7.38. The Morgan fingerprint density at radius 1 is 1.15 bits per heavy atom. The quantitative estimate of drug-likeness (QED) is 0.216. The van der Waals surface area contributed by atoms with Crippen molar-refractivity contribution in [3.8, 4) is 16.9 Å². The maximum absolute atomic E-state index is 9.66. The van der Waals surface area contributed by atoms with E-state index in [2.05, 4.69) is 39.3 Å². The number of ether oxygens (including phenoxy) is 1. The van der Waals surface area contributed by atoms with Crippen LogP contribution in [0.4, 0.5) is 5.82 Å². The summed E-state index contributed by atoms with van der Waals surface area (Å²) in [6.07, 6.45) is 2.61. The number of aliphatic imine (C=N–C) groups is 1. The van der Waals surface area contributed by atoms with Crippen molar-refractivity contribution in [2.24, 2.45) is 4.99 Å². The third-order valence-corrected chi connectivity index (χ3v) is 5.23. The predicted octanol–water partition coefficient (Wildman–Crippen LogP) is 0.777. The zero-order valence-electron chi connectivity index (χ0n) is 16.0. The van der Waals surface area contributed by atoms with E-state index in [0.717, 1.165) is 52.4 Å². The van der Waals surface area contributed by atoms with Crippen molar-refractivity contribution in [2.75, 3.05) is 12.4 Å². The molecule has 0 radical (unpaired) electrons. The van der Waals surface area contributed by atoms with Crippen molar-refractivity contribution in [3.05, 3.63) is 42.1 Å². The van der Waals surface area contributed by atoms with E-state index in [1.165, 1.54) is 0 Å². The third-order valence-electron chi connectivity index (χ3n) is 4.62. The van der Waals surface area contributed by atoms with Gasteiger partial charge < -0.3 is 9.99 Å². The molecule has 1 aromatic carbocycles. The molecular weight excluding hydrogens is 375 g/mol. The van der Waals surface area contributed by atoms with E-state index in [9.17, 15) is 5.26 Å². The van der Waals surface area contributed by atoms with E-state index in [4.69, 9.17) is 4.74 Å². The Kier molecular flexibility index (Phi) is 8.30. The van der Waals surface area contributed by atoms with Crippen LogP contribution in [-0.4, -0.2) is 23.1 Å². The Balaban J connectivity index is 0.00000261. The number of pyridine rings is 1. The average molecular weight is 396 g/mol. The van der Waals surface area contributed by atoms with E-state index < -0.39 is 0 Å². The molecule has 1 aromatic heterocycles. The molecule has 8 heteroatoms. The molecule has 0 saturated heterocycles. The summed E-state index contributed by atoms with van der Waals surface area (Å²) in [6, 6.07) is 10.1. The van der Waals surface area contributed by atoms with Gasteiger partial charge in [0.15, 0.2) is 5.82 Å². The van der Waals surface area contributed by atoms with Gasteiger partial charge in [0, 0.05) is 46.2 Å². The molecule has 0 unspecified atom stereocenters. The fraction of sp³-hybridized carbons (Fsp3) is 0.368. The van der Waals surface area contributed by atoms with Crippen LogP contribution in [0.1, 0.15) is 32.8 Å². The van der Waals surface area contributed by atoms with Gasteiger partial charge in [-0.25, -0.2) is 9.98 Å². The number of hydrogen-bond donors (Lipinski definition) is 0. The summed E-state index contributed by atoms with van der Waals surface area (Å²) in [5, 5.41) is 12.9. The molecule has 138 valence electrons. The van der Waals surface area contributed by atoms with Crippen LogP contribution in [0.25, 0.3) is 11.1 Å². The zero-order valence-corrected chi connectivity index (χ0v) is 18.8. The van der Waals surface area contributed by atoms with Gasteiger partial charge >= 0.3 is 29.6 Å². The monoisotopic (exact) mass is 396 g/mol. The van der Waals surface area contributed by atoms with Gasteiger partial charge in [-0.3, -0.25) is 5.04 Å². The zero-order chi connectivity index (χ0) is 18.6. The minimum absolute atomic E-state index is 0. The van der Waals surface area contributed by atoms with Gasteiger partial charge in [0.05, 0.1) is 6.61 Å². The predicted molar refractivity (Wildman–Crippen MR) is 100 cm³/mol. The molecule has 1 aliphatic heterocycles. The van der Waals surface area contributed by atoms with Crippen LogP contribution < -0.4 is 39.6 Å². The first kappa shape index (κ1) is 22.4. The van der Waals surface area contributed by atoms with Crippen molar-refractivity contribution in [1.29, 1.82) is 0 Å². The summed E-state index contributed by atoms with van der Waals surface area (Å²) in [5.41, 5.74) is 4.32. The van der Waals surface area contributed by atoms with Gasteiger partial charge in [-0.2, -0.15) is 4.33 Å². The molecule has 0 bridgehead atoms. The number of rotatable bonds is 8. The summed E-state index contributed by atoms with van der Waals surface area (Å²) in [6.45, 7) is 6.94. The fourth-order valence-corrected chi connectivity index (χ4v) is 3.11. The standard InChI is InChI=1S/C19H22N2O4S.Na/c1-13-19(2,3)17-11-15(12-20-18(17)21-13)14-5-7-16(8-6-14)23-9-4-10-26-25-24-22;/h5-8,11-12,22H,4,9-10H2,1-3H3;/q;+1/p-1. The second kappa shape index (κ2) is 10.0. The molecule has 6 nitrogen and oxygen atoms in total. The normalized spacial score (nSPS) is 14.3. The molecule has 2 heterocycles. The van der Waals surface area contributed by atoms with Gasteiger partial charge in [0.25, 0.3) is 0 Å². The smallest absolute Gasteiger partial charge is 0.691 e. The van der Waals surface area contributed by atoms with E-state index in [1.54, 1.807) is 0 Å². The van der Waals surface area contributed by atoms with Gasteiger partial charge in [-0.1, -0.05) is 26.0 Å². The van der Waals surface area contributed by atoms with Gasteiger partial charge in [-0.05, 0) is 37.1 Å². The molecule has 0 fully saturated rings. The van der Waals surface area contributed by atoms with Crippen LogP contribution in [0.2, 0.25) is 0 Å². The van der Waals surface area contributed by atoms with Crippen LogP contribution in [0.3, 0.4) is 0 Å². The molecule has 0 atom stereocenters. The summed E-state index contributed by atoms with van der Waals surface area (Å²) in [5.74, 6) is 2.24. The molecule has 0 spiro atoms. The van der Waals surface area contributed by atoms with Crippen molar-refractivity contribution >= 4 is 23.6 Å². The van der Waals surface area contributed by atoms with Crippen LogP contribution in [0, 0.1) is 0 Å². The molecule has 27 heavy (non-hydrogen) atoms. The maximum atomic E-state index is 9.66. The Labute approximate surface area is 185 Å². The second-order valence-electron chi connectivity index (χ2n) is 6.60. The number of aromatic nitrogens is 1. The van der Waals surface area contributed by atoms with Crippen LogP contribution in [-0.2, 0) is 14.8 Å². The minimum atomic E-state index is -0.0831. The Morgan fingerprint density at radius 3 is 2.59 bits per heavy atom. The molecule has 3 rings (SSSR count). The molecule has 0 N–H and O–H groups in total. The van der Waals surface area contributed by atoms with E-state index in [-0.39, 0.29) is 35.0 Å². The van der Waals surface area contributed by atoms with E-state index >= 15 is 0 Å². The third kappa shape index (κ3) is 5.32. The molecule has 2 aromatic rings. The molecular formula is C19H21N2NaO4S. The summed E-state index contributed by atoms with van der Waals surface area (Å²) >= 11 is 0.967. The summed E-state index contributed by atoms with van der Waals surface area (Å²) in [7, 11) is 0. The molecule has 1 aliphatic rings. The van der Waals surface area contributed by atoms with Gasteiger partial charge in [-0.15, -0.1) is 0 Å². The fourth-order valence-electron chi connectivity index (χ4n) is 2.76. The summed E-state index contributed by atoms with van der Waals surface area (Å²) < 4.78 is 9.87. The minimum Gasteiger partial charge on any atom is -0.691 e. The van der Waals surface area contributed by atoms with E-state index in [1.807, 2.05) is 37.4 Å². The van der Waals surface area contributed by atoms with Crippen molar-refractivity contribution in [3.63, 3.8) is 0 Å².